The predicted molar refractivity (Wildman–Crippen MR) is 65.5 cm³/mol. The van der Waals surface area contributed by atoms with Crippen LogP contribution in [0.3, 0.4) is 0 Å². The summed E-state index contributed by atoms with van der Waals surface area (Å²) >= 11 is 0. The Morgan fingerprint density at radius 3 is 2.89 bits per heavy atom. The van der Waals surface area contributed by atoms with E-state index in [2.05, 4.69) is 4.98 Å². The number of hydrogen-bond donors (Lipinski definition) is 0. The Morgan fingerprint density at radius 1 is 1.33 bits per heavy atom. The lowest BCUT2D eigenvalue weighted by Gasteiger charge is -2.26. The van der Waals surface area contributed by atoms with Crippen LogP contribution < -0.4 is 0 Å². The van der Waals surface area contributed by atoms with E-state index in [1.807, 2.05) is 24.3 Å². The largest absolute Gasteiger partial charge is 0.285 e. The van der Waals surface area contributed by atoms with E-state index in [1.54, 1.807) is 19.4 Å². The third-order valence-electron chi connectivity index (χ3n) is 3.89. The van der Waals surface area contributed by atoms with Gasteiger partial charge in [0.1, 0.15) is 0 Å². The topological polar surface area (TPSA) is 50.3 Å². The molecule has 1 aromatic heterocycles. The second kappa shape index (κ2) is 4.05. The number of likely N-dealkylation sites (tertiary alicyclic amines) is 1. The highest BCUT2D eigenvalue weighted by molar-refractivity contribution is 6.05. The van der Waals surface area contributed by atoms with Crippen LogP contribution >= 0.6 is 0 Å². The molecule has 18 heavy (non-hydrogen) atoms. The summed E-state index contributed by atoms with van der Waals surface area (Å²) in [6.07, 6.45) is 8.18. The lowest BCUT2D eigenvalue weighted by atomic mass is 9.74. The second-order valence-electron chi connectivity index (χ2n) is 4.84. The van der Waals surface area contributed by atoms with Crippen molar-refractivity contribution in [2.75, 3.05) is 7.05 Å². The van der Waals surface area contributed by atoms with Crippen LogP contribution in [0.1, 0.15) is 17.9 Å². The van der Waals surface area contributed by atoms with Crippen LogP contribution in [-0.2, 0) is 9.59 Å². The molecule has 4 nitrogen and oxygen atoms in total. The van der Waals surface area contributed by atoms with Gasteiger partial charge >= 0.3 is 0 Å². The Kier molecular flexibility index (Phi) is 2.51. The van der Waals surface area contributed by atoms with Gasteiger partial charge in [-0.15, -0.1) is 0 Å². The van der Waals surface area contributed by atoms with Crippen molar-refractivity contribution >= 4 is 11.8 Å². The number of hydrogen-bond acceptors (Lipinski definition) is 3. The fourth-order valence-corrected chi connectivity index (χ4v) is 2.94. The van der Waals surface area contributed by atoms with Gasteiger partial charge in [-0.3, -0.25) is 19.5 Å². The molecule has 2 amide bonds. The zero-order chi connectivity index (χ0) is 12.7. The van der Waals surface area contributed by atoms with Crippen molar-refractivity contribution in [1.82, 2.24) is 9.88 Å². The molecule has 0 N–H and O–H groups in total. The van der Waals surface area contributed by atoms with Gasteiger partial charge < -0.3 is 0 Å². The number of allylic oxidation sites excluding steroid dienone is 2. The maximum Gasteiger partial charge on any atom is 0.233 e. The minimum Gasteiger partial charge on any atom is -0.285 e. The first-order valence-corrected chi connectivity index (χ1v) is 6.08. The smallest absolute Gasteiger partial charge is 0.233 e. The molecular weight excluding hydrogens is 228 g/mol. The SMILES string of the molecule is CN1C(=O)[C@@H]2[C@@H](CC=C[C@H]2c2cccnc2)C1=O. The molecule has 1 aliphatic heterocycles. The summed E-state index contributed by atoms with van der Waals surface area (Å²) in [4.78, 5) is 29.5. The van der Waals surface area contributed by atoms with Crippen LogP contribution in [0.4, 0.5) is 0 Å². The Bertz CT molecular complexity index is 524. The normalized spacial score (nSPS) is 30.7. The van der Waals surface area contributed by atoms with Crippen LogP contribution in [0.15, 0.2) is 36.7 Å². The summed E-state index contributed by atoms with van der Waals surface area (Å²) in [7, 11) is 1.57. The van der Waals surface area contributed by atoms with E-state index in [0.717, 1.165) is 5.56 Å². The number of rotatable bonds is 1. The lowest BCUT2D eigenvalue weighted by Crippen LogP contribution is -2.28. The van der Waals surface area contributed by atoms with Crippen molar-refractivity contribution in [1.29, 1.82) is 0 Å². The molecule has 2 aliphatic rings. The highest BCUT2D eigenvalue weighted by Crippen LogP contribution is 2.42. The minimum atomic E-state index is -0.253. The number of amides is 2. The summed E-state index contributed by atoms with van der Waals surface area (Å²) in [6.45, 7) is 0. The Balaban J connectivity index is 2.02. The monoisotopic (exact) mass is 242 g/mol. The average molecular weight is 242 g/mol. The molecule has 1 saturated heterocycles. The molecule has 4 heteroatoms. The van der Waals surface area contributed by atoms with Gasteiger partial charge in [0.25, 0.3) is 0 Å². The van der Waals surface area contributed by atoms with Crippen molar-refractivity contribution in [3.8, 4) is 0 Å². The predicted octanol–water partition coefficient (Wildman–Crippen LogP) is 1.36. The number of fused-ring (bicyclic) bond motifs is 1. The van der Waals surface area contributed by atoms with E-state index >= 15 is 0 Å². The van der Waals surface area contributed by atoms with Crippen LogP contribution in [-0.4, -0.2) is 28.7 Å². The summed E-state index contributed by atoms with van der Waals surface area (Å²) < 4.78 is 0. The average Bonchev–Trinajstić information content (AvgIpc) is 2.65. The van der Waals surface area contributed by atoms with Crippen LogP contribution in [0, 0.1) is 11.8 Å². The fourth-order valence-electron chi connectivity index (χ4n) is 2.94. The molecule has 2 heterocycles. The molecule has 1 fully saturated rings. The standard InChI is InChI=1S/C14H14N2O2/c1-16-13(17)11-6-2-5-10(12(11)14(16)18)9-4-3-7-15-8-9/h2-5,7-8,10-12H,6H2,1H3/t10-,11+,12-/m0/s1. The molecule has 92 valence electrons. The van der Waals surface area contributed by atoms with Gasteiger partial charge in [0.05, 0.1) is 11.8 Å². The Morgan fingerprint density at radius 2 is 2.17 bits per heavy atom. The zero-order valence-corrected chi connectivity index (χ0v) is 10.1. The van der Waals surface area contributed by atoms with E-state index in [9.17, 15) is 9.59 Å². The molecule has 3 atom stereocenters. The quantitative estimate of drug-likeness (QED) is 0.552. The van der Waals surface area contributed by atoms with Gasteiger partial charge in [-0.1, -0.05) is 18.2 Å². The van der Waals surface area contributed by atoms with Gasteiger partial charge in [0.15, 0.2) is 0 Å². The highest BCUT2D eigenvalue weighted by Gasteiger charge is 2.49. The number of carbonyl (C=O) groups is 2. The Labute approximate surface area is 105 Å². The molecule has 0 saturated carbocycles. The van der Waals surface area contributed by atoms with Gasteiger partial charge in [0.2, 0.25) is 11.8 Å². The molecular formula is C14H14N2O2. The van der Waals surface area contributed by atoms with E-state index in [1.165, 1.54) is 4.90 Å². The van der Waals surface area contributed by atoms with Crippen molar-refractivity contribution in [2.24, 2.45) is 11.8 Å². The van der Waals surface area contributed by atoms with Crippen molar-refractivity contribution in [3.05, 3.63) is 42.2 Å². The summed E-state index contributed by atoms with van der Waals surface area (Å²) in [5.41, 5.74) is 1.000. The maximum atomic E-state index is 12.2. The van der Waals surface area contributed by atoms with Crippen LogP contribution in [0.5, 0.6) is 0 Å². The summed E-state index contributed by atoms with van der Waals surface area (Å²) in [5.74, 6) is -0.598. The molecule has 0 aromatic carbocycles. The Hall–Kier alpha value is -1.97. The molecule has 0 spiro atoms. The van der Waals surface area contributed by atoms with Gasteiger partial charge in [-0.25, -0.2) is 0 Å². The van der Waals surface area contributed by atoms with Crippen molar-refractivity contribution in [2.45, 2.75) is 12.3 Å². The molecule has 0 unspecified atom stereocenters. The first kappa shape index (κ1) is 11.1. The number of pyridine rings is 1. The number of nitrogens with zero attached hydrogens (tertiary/aromatic N) is 2. The van der Waals surface area contributed by atoms with E-state index in [-0.39, 0.29) is 29.6 Å². The third-order valence-corrected chi connectivity index (χ3v) is 3.89. The molecule has 1 aliphatic carbocycles. The number of aromatic nitrogens is 1. The molecule has 0 radical (unpaired) electrons. The fraction of sp³-hybridized carbons (Fsp3) is 0.357. The summed E-state index contributed by atoms with van der Waals surface area (Å²) in [5, 5.41) is 0. The molecule has 0 bridgehead atoms. The van der Waals surface area contributed by atoms with Gasteiger partial charge in [-0.05, 0) is 18.1 Å². The number of carbonyl (C=O) groups excluding carboxylic acids is 2. The van der Waals surface area contributed by atoms with Crippen molar-refractivity contribution < 1.29 is 9.59 Å². The minimum absolute atomic E-state index is 0.0288. The second-order valence-corrected chi connectivity index (χ2v) is 4.84. The van der Waals surface area contributed by atoms with E-state index in [4.69, 9.17) is 0 Å². The number of imide groups is 1. The van der Waals surface area contributed by atoms with Crippen LogP contribution in [0.2, 0.25) is 0 Å². The first-order valence-electron chi connectivity index (χ1n) is 6.08. The molecule has 1 aromatic rings. The zero-order valence-electron chi connectivity index (χ0n) is 10.1. The highest BCUT2D eigenvalue weighted by atomic mass is 16.2. The molecule has 3 rings (SSSR count). The van der Waals surface area contributed by atoms with Crippen LogP contribution in [0.25, 0.3) is 0 Å². The van der Waals surface area contributed by atoms with Gasteiger partial charge in [0, 0.05) is 25.4 Å². The van der Waals surface area contributed by atoms with Crippen molar-refractivity contribution in [3.63, 3.8) is 0 Å². The maximum absolute atomic E-state index is 12.2. The first-order chi connectivity index (χ1) is 8.70. The van der Waals surface area contributed by atoms with E-state index < -0.39 is 0 Å². The lowest BCUT2D eigenvalue weighted by molar-refractivity contribution is -0.138. The summed E-state index contributed by atoms with van der Waals surface area (Å²) in [6, 6.07) is 3.82. The van der Waals surface area contributed by atoms with E-state index in [0.29, 0.717) is 6.42 Å². The third kappa shape index (κ3) is 1.49. The van der Waals surface area contributed by atoms with Gasteiger partial charge in [-0.2, -0.15) is 0 Å².